The molecule has 0 radical (unpaired) electrons. The van der Waals surface area contributed by atoms with Gasteiger partial charge in [0.2, 0.25) is 0 Å². The number of thioether (sulfide) groups is 1. The molecule has 0 spiro atoms. The van der Waals surface area contributed by atoms with E-state index in [1.807, 2.05) is 30.0 Å². The lowest BCUT2D eigenvalue weighted by atomic mass is 10.1. The van der Waals surface area contributed by atoms with E-state index >= 15 is 0 Å². The quantitative estimate of drug-likeness (QED) is 0.334. The van der Waals surface area contributed by atoms with Gasteiger partial charge in [-0.3, -0.25) is 4.90 Å². The van der Waals surface area contributed by atoms with Crippen molar-refractivity contribution in [3.05, 3.63) is 29.3 Å². The first kappa shape index (κ1) is 17.7. The molecule has 0 heterocycles. The van der Waals surface area contributed by atoms with E-state index in [1.165, 1.54) is 0 Å². The summed E-state index contributed by atoms with van der Waals surface area (Å²) in [7, 11) is 3.72. The number of benzene rings is 1. The number of oxime groups is 1. The van der Waals surface area contributed by atoms with Gasteiger partial charge in [-0.05, 0) is 37.4 Å². The van der Waals surface area contributed by atoms with Crippen LogP contribution >= 0.6 is 11.8 Å². The highest BCUT2D eigenvalue weighted by atomic mass is 32.2. The van der Waals surface area contributed by atoms with Crippen LogP contribution in [0.2, 0.25) is 0 Å². The van der Waals surface area contributed by atoms with Gasteiger partial charge in [-0.2, -0.15) is 11.8 Å². The van der Waals surface area contributed by atoms with Crippen molar-refractivity contribution >= 4 is 17.6 Å². The van der Waals surface area contributed by atoms with Crippen LogP contribution in [0.25, 0.3) is 0 Å². The fourth-order valence-electron chi connectivity index (χ4n) is 2.27. The van der Waals surface area contributed by atoms with Crippen LogP contribution in [0, 0.1) is 0 Å². The summed E-state index contributed by atoms with van der Waals surface area (Å²) in [6.07, 6.45) is 3.25. The van der Waals surface area contributed by atoms with Crippen LogP contribution in [0.5, 0.6) is 5.75 Å². The van der Waals surface area contributed by atoms with E-state index in [0.29, 0.717) is 17.4 Å². The third-order valence-corrected chi connectivity index (χ3v) is 4.25. The van der Waals surface area contributed by atoms with Gasteiger partial charge in [0.25, 0.3) is 0 Å². The first-order valence-electron chi connectivity index (χ1n) is 6.91. The summed E-state index contributed by atoms with van der Waals surface area (Å²) in [6, 6.07) is 6.30. The van der Waals surface area contributed by atoms with Crippen molar-refractivity contribution in [2.45, 2.75) is 25.9 Å². The minimum Gasteiger partial charge on any atom is -0.496 e. The maximum Gasteiger partial charge on any atom is 0.173 e. The van der Waals surface area contributed by atoms with Crippen LogP contribution < -0.4 is 10.5 Å². The standard InChI is InChI=1S/C15H25N3O2S/c1-5-12(10-21-4)18(2)9-11-6-7-13(15(16)17-19)14(8-11)20-3/h6-8,12,19H,5,9-10H2,1-4H3,(H2,16,17). The normalized spacial score (nSPS) is 13.5. The summed E-state index contributed by atoms with van der Waals surface area (Å²) >= 11 is 1.86. The van der Waals surface area contributed by atoms with Crippen molar-refractivity contribution in [1.29, 1.82) is 0 Å². The van der Waals surface area contributed by atoms with Gasteiger partial charge in [0, 0.05) is 18.3 Å². The minimum absolute atomic E-state index is 0.0561. The monoisotopic (exact) mass is 311 g/mol. The molecule has 5 nitrogen and oxygen atoms in total. The van der Waals surface area contributed by atoms with Crippen molar-refractivity contribution < 1.29 is 9.94 Å². The topological polar surface area (TPSA) is 71.1 Å². The highest BCUT2D eigenvalue weighted by molar-refractivity contribution is 7.98. The largest absolute Gasteiger partial charge is 0.496 e. The Labute approximate surface area is 131 Å². The first-order valence-corrected chi connectivity index (χ1v) is 8.30. The number of nitrogens with zero attached hydrogens (tertiary/aromatic N) is 2. The van der Waals surface area contributed by atoms with Gasteiger partial charge in [-0.25, -0.2) is 0 Å². The van der Waals surface area contributed by atoms with Crippen LogP contribution in [-0.2, 0) is 6.54 Å². The average molecular weight is 311 g/mol. The van der Waals surface area contributed by atoms with Crippen LogP contribution in [0.3, 0.4) is 0 Å². The molecule has 0 bridgehead atoms. The van der Waals surface area contributed by atoms with Crippen molar-refractivity contribution in [3.8, 4) is 5.75 Å². The summed E-state index contributed by atoms with van der Waals surface area (Å²) in [6.45, 7) is 3.05. The smallest absolute Gasteiger partial charge is 0.173 e. The van der Waals surface area contributed by atoms with Crippen LogP contribution in [-0.4, -0.2) is 48.2 Å². The molecule has 118 valence electrons. The predicted octanol–water partition coefficient (Wildman–Crippen LogP) is 2.36. The Kier molecular flexibility index (Phi) is 7.39. The van der Waals surface area contributed by atoms with E-state index in [1.54, 1.807) is 7.11 Å². The Hall–Kier alpha value is -1.40. The molecule has 0 aliphatic carbocycles. The second-order valence-electron chi connectivity index (χ2n) is 4.95. The van der Waals surface area contributed by atoms with Crippen molar-refractivity contribution in [3.63, 3.8) is 0 Å². The highest BCUT2D eigenvalue weighted by Crippen LogP contribution is 2.22. The number of amidine groups is 1. The molecule has 0 saturated heterocycles. The lowest BCUT2D eigenvalue weighted by Crippen LogP contribution is -2.32. The van der Waals surface area contributed by atoms with Gasteiger partial charge in [0.1, 0.15) is 5.75 Å². The Morgan fingerprint density at radius 3 is 2.76 bits per heavy atom. The molecule has 1 unspecified atom stereocenters. The second kappa shape index (κ2) is 8.79. The Bertz CT molecular complexity index is 480. The summed E-state index contributed by atoms with van der Waals surface area (Å²) in [4.78, 5) is 2.34. The maximum absolute atomic E-state index is 8.78. The summed E-state index contributed by atoms with van der Waals surface area (Å²) in [5.74, 6) is 1.79. The third-order valence-electron chi connectivity index (χ3n) is 3.54. The van der Waals surface area contributed by atoms with E-state index in [9.17, 15) is 0 Å². The van der Waals surface area contributed by atoms with E-state index in [0.717, 1.165) is 24.3 Å². The summed E-state index contributed by atoms with van der Waals surface area (Å²) < 4.78 is 5.33. The Morgan fingerprint density at radius 1 is 1.52 bits per heavy atom. The number of hydrogen-bond acceptors (Lipinski definition) is 5. The summed E-state index contributed by atoms with van der Waals surface area (Å²) in [5.41, 5.74) is 7.38. The Morgan fingerprint density at radius 2 is 2.24 bits per heavy atom. The zero-order chi connectivity index (χ0) is 15.8. The van der Waals surface area contributed by atoms with Gasteiger partial charge in [0.15, 0.2) is 5.84 Å². The maximum atomic E-state index is 8.78. The molecule has 0 saturated carbocycles. The van der Waals surface area contributed by atoms with Gasteiger partial charge < -0.3 is 15.7 Å². The van der Waals surface area contributed by atoms with Crippen molar-refractivity contribution in [1.82, 2.24) is 4.90 Å². The fourth-order valence-corrected chi connectivity index (χ4v) is 3.14. The zero-order valence-electron chi connectivity index (χ0n) is 13.2. The molecule has 0 amide bonds. The van der Waals surface area contributed by atoms with Gasteiger partial charge in [-0.1, -0.05) is 18.1 Å². The molecule has 1 atom stereocenters. The molecule has 0 fully saturated rings. The molecule has 1 rings (SSSR count). The van der Waals surface area contributed by atoms with Gasteiger partial charge >= 0.3 is 0 Å². The van der Waals surface area contributed by atoms with E-state index in [2.05, 4.69) is 30.3 Å². The molecular weight excluding hydrogens is 286 g/mol. The predicted molar refractivity (Wildman–Crippen MR) is 89.4 cm³/mol. The molecule has 0 aromatic heterocycles. The first-order chi connectivity index (χ1) is 10.1. The number of methoxy groups -OCH3 is 1. The number of rotatable bonds is 8. The van der Waals surface area contributed by atoms with E-state index < -0.39 is 0 Å². The number of nitrogens with two attached hydrogens (primary N) is 1. The zero-order valence-corrected chi connectivity index (χ0v) is 14.0. The lowest BCUT2D eigenvalue weighted by Gasteiger charge is -2.26. The molecule has 3 N–H and O–H groups in total. The van der Waals surface area contributed by atoms with Gasteiger partial charge in [-0.15, -0.1) is 0 Å². The van der Waals surface area contributed by atoms with Crippen LogP contribution in [0.1, 0.15) is 24.5 Å². The average Bonchev–Trinajstić information content (AvgIpc) is 2.51. The summed E-state index contributed by atoms with van der Waals surface area (Å²) in [5, 5.41) is 11.8. The Balaban J connectivity index is 2.90. The molecule has 1 aromatic carbocycles. The van der Waals surface area contributed by atoms with Gasteiger partial charge in [0.05, 0.1) is 12.7 Å². The number of ether oxygens (including phenoxy) is 1. The highest BCUT2D eigenvalue weighted by Gasteiger charge is 2.14. The molecule has 6 heteroatoms. The molecule has 0 aliphatic heterocycles. The number of hydrogen-bond donors (Lipinski definition) is 2. The van der Waals surface area contributed by atoms with Crippen molar-refractivity contribution in [2.75, 3.05) is 26.2 Å². The van der Waals surface area contributed by atoms with Crippen LogP contribution in [0.15, 0.2) is 23.4 Å². The van der Waals surface area contributed by atoms with E-state index in [-0.39, 0.29) is 5.84 Å². The minimum atomic E-state index is 0.0561. The molecule has 1 aromatic rings. The van der Waals surface area contributed by atoms with Crippen LogP contribution in [0.4, 0.5) is 0 Å². The lowest BCUT2D eigenvalue weighted by molar-refractivity contribution is 0.247. The van der Waals surface area contributed by atoms with Crippen molar-refractivity contribution in [2.24, 2.45) is 10.9 Å². The third kappa shape index (κ3) is 4.82. The second-order valence-corrected chi connectivity index (χ2v) is 5.86. The fraction of sp³-hybridized carbons (Fsp3) is 0.533. The molecule has 21 heavy (non-hydrogen) atoms. The molecular formula is C15H25N3O2S. The molecule has 0 aliphatic rings. The van der Waals surface area contributed by atoms with E-state index in [4.69, 9.17) is 15.7 Å². The SMILES string of the molecule is CCC(CSC)N(C)Cc1ccc(/C(N)=N/O)c(OC)c1.